The maximum absolute atomic E-state index is 12.7. The van der Waals surface area contributed by atoms with E-state index in [2.05, 4.69) is 17.4 Å². The van der Waals surface area contributed by atoms with Crippen LogP contribution in [-0.4, -0.2) is 24.3 Å². The third-order valence-corrected chi connectivity index (χ3v) is 7.91. The average Bonchev–Trinajstić information content (AvgIpc) is 2.73. The Hall–Kier alpha value is -1.16. The molecule has 0 saturated heterocycles. The van der Waals surface area contributed by atoms with Crippen molar-refractivity contribution in [2.75, 3.05) is 13.7 Å². The van der Waals surface area contributed by atoms with E-state index in [4.69, 9.17) is 4.74 Å². The molecule has 0 bridgehead atoms. The highest BCUT2D eigenvalue weighted by molar-refractivity contribution is 7.99. The molecule has 2 aliphatic carbocycles. The van der Waals surface area contributed by atoms with Crippen molar-refractivity contribution in [2.45, 2.75) is 81.1 Å². The van der Waals surface area contributed by atoms with Gasteiger partial charge in [0.25, 0.3) is 0 Å². The Bertz CT molecular complexity index is 575. The number of hydrogen-bond donors (Lipinski definition) is 1. The third kappa shape index (κ3) is 6.44. The number of thioether (sulfide) groups is 1. The van der Waals surface area contributed by atoms with Gasteiger partial charge in [0, 0.05) is 23.5 Å². The number of methoxy groups -OCH3 is 1. The molecule has 2 fully saturated rings. The Morgan fingerprint density at radius 3 is 2.41 bits per heavy atom. The number of carbonyl (C=O) groups excluding carboxylic acids is 1. The second-order valence-corrected chi connectivity index (χ2v) is 9.81. The lowest BCUT2D eigenvalue weighted by molar-refractivity contribution is -0.122. The van der Waals surface area contributed by atoms with Crippen molar-refractivity contribution in [3.63, 3.8) is 0 Å². The number of rotatable bonds is 8. The summed E-state index contributed by atoms with van der Waals surface area (Å²) in [6, 6.07) is 8.34. The summed E-state index contributed by atoms with van der Waals surface area (Å²) >= 11 is 2.00. The number of ether oxygens (including phenoxy) is 1. The van der Waals surface area contributed by atoms with Gasteiger partial charge in [0.1, 0.15) is 5.75 Å². The van der Waals surface area contributed by atoms with Crippen LogP contribution < -0.4 is 10.1 Å². The highest BCUT2D eigenvalue weighted by Crippen LogP contribution is 2.44. The molecule has 1 amide bonds. The molecule has 0 heterocycles. The SMILES string of the molecule is COc1ccc(CSC2(CC(=O)NCC3CCCCC3)CCCCC2)cc1. The zero-order chi connectivity index (χ0) is 19.0. The number of hydrogen-bond acceptors (Lipinski definition) is 3. The average molecular weight is 390 g/mol. The predicted molar refractivity (Wildman–Crippen MR) is 114 cm³/mol. The Morgan fingerprint density at radius 1 is 1.07 bits per heavy atom. The summed E-state index contributed by atoms with van der Waals surface area (Å²) in [5, 5.41) is 3.27. The van der Waals surface area contributed by atoms with Gasteiger partial charge in [0.2, 0.25) is 5.91 Å². The van der Waals surface area contributed by atoms with Gasteiger partial charge >= 0.3 is 0 Å². The zero-order valence-electron chi connectivity index (χ0n) is 16.8. The van der Waals surface area contributed by atoms with Crippen LogP contribution in [0.3, 0.4) is 0 Å². The van der Waals surface area contributed by atoms with Crippen molar-refractivity contribution >= 4 is 17.7 Å². The largest absolute Gasteiger partial charge is 0.497 e. The van der Waals surface area contributed by atoms with Crippen molar-refractivity contribution < 1.29 is 9.53 Å². The lowest BCUT2D eigenvalue weighted by Crippen LogP contribution is -2.38. The summed E-state index contributed by atoms with van der Waals surface area (Å²) in [6.07, 6.45) is 13.5. The molecule has 0 aromatic heterocycles. The normalized spacial score (nSPS) is 20.2. The van der Waals surface area contributed by atoms with E-state index < -0.39 is 0 Å². The molecule has 3 nitrogen and oxygen atoms in total. The molecule has 1 N–H and O–H groups in total. The van der Waals surface area contributed by atoms with Gasteiger partial charge < -0.3 is 10.1 Å². The van der Waals surface area contributed by atoms with Crippen LogP contribution in [0.5, 0.6) is 5.75 Å². The second kappa shape index (κ2) is 10.4. The van der Waals surface area contributed by atoms with Crippen molar-refractivity contribution in [3.8, 4) is 5.75 Å². The first-order chi connectivity index (χ1) is 13.2. The summed E-state index contributed by atoms with van der Waals surface area (Å²) in [6.45, 7) is 0.887. The molecule has 3 rings (SSSR count). The van der Waals surface area contributed by atoms with Crippen LogP contribution in [0, 0.1) is 5.92 Å². The molecule has 0 aliphatic heterocycles. The molecule has 0 unspecified atom stereocenters. The van der Waals surface area contributed by atoms with Gasteiger partial charge in [-0.05, 0) is 49.3 Å². The standard InChI is InChI=1S/C23H35NO2S/c1-26-21-12-10-20(11-13-21)18-27-23(14-6-3-7-15-23)16-22(25)24-17-19-8-4-2-5-9-19/h10-13,19H,2-9,14-18H2,1H3,(H,24,25). The smallest absolute Gasteiger partial charge is 0.221 e. The van der Waals surface area contributed by atoms with Crippen LogP contribution in [0.25, 0.3) is 0 Å². The zero-order valence-corrected chi connectivity index (χ0v) is 17.6. The molecular formula is C23H35NO2S. The molecule has 4 heteroatoms. The number of benzene rings is 1. The number of nitrogens with one attached hydrogen (secondary N) is 1. The van der Waals surface area contributed by atoms with Gasteiger partial charge in [0.15, 0.2) is 0 Å². The lowest BCUT2D eigenvalue weighted by atomic mass is 9.85. The predicted octanol–water partition coefficient (Wildman–Crippen LogP) is 5.72. The Balaban J connectivity index is 1.52. The molecule has 27 heavy (non-hydrogen) atoms. The Morgan fingerprint density at radius 2 is 1.74 bits per heavy atom. The Kier molecular flexibility index (Phi) is 7.93. The quantitative estimate of drug-likeness (QED) is 0.618. The van der Waals surface area contributed by atoms with Crippen LogP contribution in [0.4, 0.5) is 0 Å². The number of amides is 1. The molecule has 0 atom stereocenters. The van der Waals surface area contributed by atoms with Crippen molar-refractivity contribution in [1.82, 2.24) is 5.32 Å². The van der Waals surface area contributed by atoms with E-state index in [9.17, 15) is 4.79 Å². The minimum Gasteiger partial charge on any atom is -0.497 e. The number of carbonyl (C=O) groups is 1. The fourth-order valence-corrected chi connectivity index (χ4v) is 6.01. The van der Waals surface area contributed by atoms with Gasteiger partial charge in [-0.3, -0.25) is 4.79 Å². The minimum atomic E-state index is 0.120. The summed E-state index contributed by atoms with van der Waals surface area (Å²) in [7, 11) is 1.70. The molecule has 2 aliphatic rings. The Labute approximate surface area is 169 Å². The lowest BCUT2D eigenvalue weighted by Gasteiger charge is -2.36. The van der Waals surface area contributed by atoms with E-state index >= 15 is 0 Å². The first-order valence-electron chi connectivity index (χ1n) is 10.7. The van der Waals surface area contributed by atoms with E-state index in [0.717, 1.165) is 18.0 Å². The highest BCUT2D eigenvalue weighted by Gasteiger charge is 2.35. The van der Waals surface area contributed by atoms with Crippen LogP contribution in [-0.2, 0) is 10.5 Å². The summed E-state index contributed by atoms with van der Waals surface area (Å²) < 4.78 is 5.37. The molecule has 1 aromatic carbocycles. The third-order valence-electron chi connectivity index (χ3n) is 6.26. The van der Waals surface area contributed by atoms with Crippen LogP contribution in [0.15, 0.2) is 24.3 Å². The van der Waals surface area contributed by atoms with E-state index in [0.29, 0.717) is 12.3 Å². The van der Waals surface area contributed by atoms with Gasteiger partial charge in [-0.25, -0.2) is 0 Å². The van der Waals surface area contributed by atoms with Crippen LogP contribution in [0.2, 0.25) is 0 Å². The molecule has 0 spiro atoms. The maximum atomic E-state index is 12.7. The van der Waals surface area contributed by atoms with E-state index in [1.165, 1.54) is 69.8 Å². The molecule has 1 aromatic rings. The fourth-order valence-electron chi connectivity index (χ4n) is 4.53. The molecular weight excluding hydrogens is 354 g/mol. The molecule has 0 radical (unpaired) electrons. The first kappa shape index (κ1) is 20.6. The van der Waals surface area contributed by atoms with Crippen LogP contribution >= 0.6 is 11.8 Å². The van der Waals surface area contributed by atoms with Crippen molar-refractivity contribution in [3.05, 3.63) is 29.8 Å². The second-order valence-electron chi connectivity index (χ2n) is 8.37. The van der Waals surface area contributed by atoms with Crippen molar-refractivity contribution in [2.24, 2.45) is 5.92 Å². The van der Waals surface area contributed by atoms with Crippen molar-refractivity contribution in [1.29, 1.82) is 0 Å². The maximum Gasteiger partial charge on any atom is 0.221 e. The van der Waals surface area contributed by atoms with Crippen LogP contribution in [0.1, 0.15) is 76.2 Å². The van der Waals surface area contributed by atoms with Gasteiger partial charge in [-0.1, -0.05) is 50.7 Å². The van der Waals surface area contributed by atoms with Gasteiger partial charge in [0.05, 0.1) is 7.11 Å². The van der Waals surface area contributed by atoms with Gasteiger partial charge in [-0.15, -0.1) is 11.8 Å². The minimum absolute atomic E-state index is 0.120. The first-order valence-corrected chi connectivity index (χ1v) is 11.7. The fraction of sp³-hybridized carbons (Fsp3) is 0.696. The van der Waals surface area contributed by atoms with E-state index in [1.54, 1.807) is 7.11 Å². The molecule has 150 valence electrons. The summed E-state index contributed by atoms with van der Waals surface area (Å²) in [5.74, 6) is 2.85. The summed E-state index contributed by atoms with van der Waals surface area (Å²) in [4.78, 5) is 12.7. The highest BCUT2D eigenvalue weighted by atomic mass is 32.2. The topological polar surface area (TPSA) is 38.3 Å². The summed E-state index contributed by atoms with van der Waals surface area (Å²) in [5.41, 5.74) is 1.31. The van der Waals surface area contributed by atoms with Gasteiger partial charge in [-0.2, -0.15) is 0 Å². The van der Waals surface area contributed by atoms with E-state index in [-0.39, 0.29) is 10.7 Å². The van der Waals surface area contributed by atoms with E-state index in [1.807, 2.05) is 23.9 Å². The monoisotopic (exact) mass is 389 g/mol. The molecule has 2 saturated carbocycles.